The summed E-state index contributed by atoms with van der Waals surface area (Å²) in [4.78, 5) is 18.7. The number of aromatic amines is 1. The van der Waals surface area contributed by atoms with Gasteiger partial charge in [-0.3, -0.25) is 4.79 Å². The maximum absolute atomic E-state index is 11.7. The number of hydrogen-bond acceptors (Lipinski definition) is 2. The van der Waals surface area contributed by atoms with Gasteiger partial charge in [0.1, 0.15) is 5.82 Å². The number of hydrogen-bond donors (Lipinski definition) is 1. The molecule has 1 aromatic heterocycles. The number of rotatable bonds is 2. The summed E-state index contributed by atoms with van der Waals surface area (Å²) in [6.45, 7) is 1.80. The van der Waals surface area contributed by atoms with Gasteiger partial charge in [-0.15, -0.1) is 0 Å². The molecule has 0 aliphatic rings. The van der Waals surface area contributed by atoms with Crippen LogP contribution in [0.1, 0.15) is 17.1 Å². The second kappa shape index (κ2) is 5.59. The van der Waals surface area contributed by atoms with Crippen LogP contribution in [0.15, 0.2) is 23.0 Å². The summed E-state index contributed by atoms with van der Waals surface area (Å²) in [5.74, 6) is 0.563. The van der Waals surface area contributed by atoms with Crippen LogP contribution in [-0.4, -0.2) is 9.97 Å². The van der Waals surface area contributed by atoms with Gasteiger partial charge in [0.15, 0.2) is 0 Å². The molecule has 1 heterocycles. The molecule has 2 aromatic rings. The van der Waals surface area contributed by atoms with Crippen LogP contribution < -0.4 is 5.56 Å². The van der Waals surface area contributed by atoms with Crippen LogP contribution in [0.25, 0.3) is 0 Å². The number of aryl methyl sites for hydroxylation is 1. The molecule has 0 saturated carbocycles. The minimum Gasteiger partial charge on any atom is -0.309 e. The zero-order valence-corrected chi connectivity index (χ0v) is 13.1. The lowest BCUT2D eigenvalue weighted by atomic mass is 10.1. The molecule has 0 saturated heterocycles. The monoisotopic (exact) mass is 394 g/mol. The van der Waals surface area contributed by atoms with E-state index in [2.05, 4.69) is 9.97 Å². The van der Waals surface area contributed by atoms with E-state index in [1.807, 2.05) is 22.6 Å². The van der Waals surface area contributed by atoms with Crippen LogP contribution in [0.5, 0.6) is 0 Å². The average molecular weight is 395 g/mol. The Morgan fingerprint density at radius 1 is 1.33 bits per heavy atom. The smallest absolute Gasteiger partial charge is 0.264 e. The van der Waals surface area contributed by atoms with Gasteiger partial charge in [-0.25, -0.2) is 4.98 Å². The molecule has 94 valence electrons. The van der Waals surface area contributed by atoms with Crippen molar-refractivity contribution in [3.63, 3.8) is 0 Å². The maximum atomic E-state index is 11.7. The van der Waals surface area contributed by atoms with Gasteiger partial charge in [-0.2, -0.15) is 0 Å². The number of nitrogens with zero attached hydrogens (tertiary/aromatic N) is 1. The minimum absolute atomic E-state index is 0.138. The Hall–Kier alpha value is -0.590. The molecule has 0 atom stereocenters. The fraction of sp³-hybridized carbons (Fsp3) is 0.167. The fourth-order valence-electron chi connectivity index (χ4n) is 1.58. The van der Waals surface area contributed by atoms with Crippen molar-refractivity contribution >= 4 is 45.8 Å². The molecule has 0 radical (unpaired) electrons. The third kappa shape index (κ3) is 2.87. The first-order valence-corrected chi connectivity index (χ1v) is 7.00. The average Bonchev–Trinajstić information content (AvgIpc) is 2.31. The quantitative estimate of drug-likeness (QED) is 0.791. The van der Waals surface area contributed by atoms with Crippen LogP contribution in [0, 0.1) is 10.5 Å². The third-order valence-electron chi connectivity index (χ3n) is 2.48. The first kappa shape index (κ1) is 13.8. The first-order chi connectivity index (χ1) is 8.49. The summed E-state index contributed by atoms with van der Waals surface area (Å²) >= 11 is 14.1. The fourth-order valence-corrected chi connectivity index (χ4v) is 2.37. The SMILES string of the molecule is Cc1nc(Cc2c(Cl)cccc2Cl)[nH]c(=O)c1I. The van der Waals surface area contributed by atoms with E-state index in [0.29, 0.717) is 31.6 Å². The highest BCUT2D eigenvalue weighted by molar-refractivity contribution is 14.1. The van der Waals surface area contributed by atoms with E-state index in [4.69, 9.17) is 23.2 Å². The molecule has 0 aliphatic heterocycles. The van der Waals surface area contributed by atoms with Gasteiger partial charge in [-0.05, 0) is 47.2 Å². The van der Waals surface area contributed by atoms with Crippen LogP contribution in [-0.2, 0) is 6.42 Å². The Bertz CT molecular complexity index is 635. The van der Waals surface area contributed by atoms with E-state index in [-0.39, 0.29) is 5.56 Å². The number of benzene rings is 1. The molecule has 1 aromatic carbocycles. The molecule has 0 fully saturated rings. The molecule has 3 nitrogen and oxygen atoms in total. The van der Waals surface area contributed by atoms with E-state index in [1.54, 1.807) is 25.1 Å². The summed E-state index contributed by atoms with van der Waals surface area (Å²) in [7, 11) is 0. The van der Waals surface area contributed by atoms with Gasteiger partial charge < -0.3 is 4.98 Å². The molecule has 2 rings (SSSR count). The lowest BCUT2D eigenvalue weighted by molar-refractivity contribution is 0.910. The van der Waals surface area contributed by atoms with E-state index in [1.165, 1.54) is 0 Å². The molecule has 0 spiro atoms. The lowest BCUT2D eigenvalue weighted by Crippen LogP contribution is -2.17. The Kier molecular flexibility index (Phi) is 4.29. The summed E-state index contributed by atoms with van der Waals surface area (Å²) in [5, 5.41) is 1.14. The molecule has 0 aliphatic carbocycles. The van der Waals surface area contributed by atoms with E-state index in [9.17, 15) is 4.79 Å². The maximum Gasteiger partial charge on any atom is 0.264 e. The lowest BCUT2D eigenvalue weighted by Gasteiger charge is -2.07. The predicted octanol–water partition coefficient (Wildman–Crippen LogP) is 3.58. The molecular weight excluding hydrogens is 386 g/mol. The standard InChI is InChI=1S/C12H9Cl2IN2O/c1-6-11(15)12(18)17-10(16-6)5-7-8(13)3-2-4-9(7)14/h2-4H,5H2,1H3,(H,16,17,18). The van der Waals surface area contributed by atoms with Gasteiger partial charge in [0.25, 0.3) is 5.56 Å². The van der Waals surface area contributed by atoms with Crippen molar-refractivity contribution in [2.75, 3.05) is 0 Å². The highest BCUT2D eigenvalue weighted by Crippen LogP contribution is 2.25. The van der Waals surface area contributed by atoms with E-state index < -0.39 is 0 Å². The molecule has 1 N–H and O–H groups in total. The summed E-state index contributed by atoms with van der Waals surface area (Å²) in [6.07, 6.45) is 0.408. The van der Waals surface area contributed by atoms with Crippen molar-refractivity contribution in [2.45, 2.75) is 13.3 Å². The normalized spacial score (nSPS) is 10.7. The minimum atomic E-state index is -0.138. The van der Waals surface area contributed by atoms with Crippen LogP contribution >= 0.6 is 45.8 Å². The van der Waals surface area contributed by atoms with Gasteiger partial charge in [0.2, 0.25) is 0 Å². The van der Waals surface area contributed by atoms with Crippen molar-refractivity contribution in [1.82, 2.24) is 9.97 Å². The first-order valence-electron chi connectivity index (χ1n) is 5.17. The number of H-pyrrole nitrogens is 1. The molecule has 0 bridgehead atoms. The summed E-state index contributed by atoms with van der Waals surface area (Å²) in [6, 6.07) is 5.31. The topological polar surface area (TPSA) is 45.8 Å². The van der Waals surface area contributed by atoms with Gasteiger partial charge in [0.05, 0.1) is 9.26 Å². The third-order valence-corrected chi connectivity index (χ3v) is 4.46. The van der Waals surface area contributed by atoms with Gasteiger partial charge in [-0.1, -0.05) is 29.3 Å². The van der Waals surface area contributed by atoms with Crippen LogP contribution in [0.3, 0.4) is 0 Å². The summed E-state index contributed by atoms with van der Waals surface area (Å²) < 4.78 is 0.599. The second-order valence-electron chi connectivity index (χ2n) is 3.79. The molecule has 0 amide bonds. The summed E-state index contributed by atoms with van der Waals surface area (Å²) in [5.41, 5.74) is 1.34. The Morgan fingerprint density at radius 2 is 1.94 bits per heavy atom. The van der Waals surface area contributed by atoms with Crippen molar-refractivity contribution in [1.29, 1.82) is 0 Å². The molecular formula is C12H9Cl2IN2O. The van der Waals surface area contributed by atoms with Crippen LogP contribution in [0.4, 0.5) is 0 Å². The molecule has 18 heavy (non-hydrogen) atoms. The van der Waals surface area contributed by atoms with Crippen molar-refractivity contribution in [2.24, 2.45) is 0 Å². The Morgan fingerprint density at radius 3 is 2.50 bits per heavy atom. The Balaban J connectivity index is 2.44. The largest absolute Gasteiger partial charge is 0.309 e. The van der Waals surface area contributed by atoms with Crippen molar-refractivity contribution in [3.05, 3.63) is 59.3 Å². The Labute approximate surface area is 128 Å². The van der Waals surface area contributed by atoms with E-state index in [0.717, 1.165) is 5.56 Å². The molecule has 6 heteroatoms. The highest BCUT2D eigenvalue weighted by atomic mass is 127. The van der Waals surface area contributed by atoms with E-state index >= 15 is 0 Å². The highest BCUT2D eigenvalue weighted by Gasteiger charge is 2.10. The second-order valence-corrected chi connectivity index (χ2v) is 5.68. The van der Waals surface area contributed by atoms with Crippen molar-refractivity contribution < 1.29 is 0 Å². The van der Waals surface area contributed by atoms with Gasteiger partial charge >= 0.3 is 0 Å². The number of aromatic nitrogens is 2. The van der Waals surface area contributed by atoms with Crippen molar-refractivity contribution in [3.8, 4) is 0 Å². The predicted molar refractivity (Wildman–Crippen MR) is 81.6 cm³/mol. The number of halogens is 3. The zero-order chi connectivity index (χ0) is 13.3. The van der Waals surface area contributed by atoms with Gasteiger partial charge in [0, 0.05) is 16.5 Å². The molecule has 0 unspecified atom stereocenters. The zero-order valence-electron chi connectivity index (χ0n) is 9.43. The number of nitrogens with one attached hydrogen (secondary N) is 1. The van der Waals surface area contributed by atoms with Crippen LogP contribution in [0.2, 0.25) is 10.0 Å².